The van der Waals surface area contributed by atoms with Crippen molar-refractivity contribution in [3.05, 3.63) is 34.1 Å². The highest BCUT2D eigenvalue weighted by atomic mass is 79.9. The van der Waals surface area contributed by atoms with Gasteiger partial charge in [-0.1, -0.05) is 22.9 Å². The first-order chi connectivity index (χ1) is 9.49. The normalized spacial score (nSPS) is 19.6. The molecule has 0 aliphatic carbocycles. The molecule has 2 rings (SSSR count). The number of rotatable bonds is 4. The minimum absolute atomic E-state index is 0.105. The summed E-state index contributed by atoms with van der Waals surface area (Å²) in [6.07, 6.45) is 1.52. The monoisotopic (exact) mass is 342 g/mol. The van der Waals surface area contributed by atoms with Gasteiger partial charge >= 0.3 is 0 Å². The van der Waals surface area contributed by atoms with Crippen LogP contribution in [0.2, 0.25) is 0 Å². The van der Waals surface area contributed by atoms with E-state index in [1.54, 1.807) is 6.07 Å². The van der Waals surface area contributed by atoms with Crippen molar-refractivity contribution < 1.29 is 14.0 Å². The van der Waals surface area contributed by atoms with E-state index in [1.807, 2.05) is 6.92 Å². The summed E-state index contributed by atoms with van der Waals surface area (Å²) in [5.41, 5.74) is 0.706. The molecule has 1 heterocycles. The smallest absolute Gasteiger partial charge is 0.243 e. The summed E-state index contributed by atoms with van der Waals surface area (Å²) in [6.45, 7) is 1.91. The van der Waals surface area contributed by atoms with Crippen molar-refractivity contribution in [1.29, 1.82) is 0 Å². The maximum Gasteiger partial charge on any atom is 0.243 e. The summed E-state index contributed by atoms with van der Waals surface area (Å²) < 4.78 is 14.0. The molecule has 1 aromatic carbocycles. The molecule has 4 nitrogen and oxygen atoms in total. The van der Waals surface area contributed by atoms with Crippen LogP contribution >= 0.6 is 15.9 Å². The second kappa shape index (κ2) is 6.35. The fraction of sp³-hybridized carbons (Fsp3) is 0.429. The van der Waals surface area contributed by atoms with Crippen LogP contribution in [0.15, 0.2) is 22.7 Å². The zero-order valence-corrected chi connectivity index (χ0v) is 12.7. The first-order valence-electron chi connectivity index (χ1n) is 6.55. The summed E-state index contributed by atoms with van der Waals surface area (Å²) in [4.78, 5) is 23.2. The summed E-state index contributed by atoms with van der Waals surface area (Å²) in [6, 6.07) is 3.81. The lowest BCUT2D eigenvalue weighted by atomic mass is 10.0. The van der Waals surface area contributed by atoms with Crippen molar-refractivity contribution in [2.24, 2.45) is 0 Å². The van der Waals surface area contributed by atoms with Gasteiger partial charge in [0.2, 0.25) is 11.8 Å². The van der Waals surface area contributed by atoms with E-state index >= 15 is 0 Å². The molecule has 0 unspecified atom stereocenters. The standard InChI is InChI=1S/C14H16BrFN2O2/c1-2-11(8-5-9(15)7-10(16)6-8)18-14(20)12-3-4-13(19)17-12/h5-7,11-12H,2-4H2,1H3,(H,17,19)(H,18,20)/t11-,12+/m1/s1. The van der Waals surface area contributed by atoms with Crippen molar-refractivity contribution >= 4 is 27.7 Å². The van der Waals surface area contributed by atoms with Crippen LogP contribution < -0.4 is 10.6 Å². The predicted molar refractivity (Wildman–Crippen MR) is 76.4 cm³/mol. The zero-order chi connectivity index (χ0) is 14.7. The molecule has 1 aromatic rings. The topological polar surface area (TPSA) is 58.2 Å². The van der Waals surface area contributed by atoms with Gasteiger partial charge in [-0.05, 0) is 36.6 Å². The molecule has 0 spiro atoms. The molecule has 0 aromatic heterocycles. The van der Waals surface area contributed by atoms with E-state index in [9.17, 15) is 14.0 Å². The molecule has 0 radical (unpaired) electrons. The quantitative estimate of drug-likeness (QED) is 0.882. The molecule has 20 heavy (non-hydrogen) atoms. The van der Waals surface area contributed by atoms with E-state index in [-0.39, 0.29) is 23.7 Å². The molecular weight excluding hydrogens is 327 g/mol. The molecule has 2 amide bonds. The molecule has 2 atom stereocenters. The second-order valence-corrected chi connectivity index (χ2v) is 5.75. The van der Waals surface area contributed by atoms with Crippen LogP contribution in [-0.4, -0.2) is 17.9 Å². The Morgan fingerprint density at radius 2 is 2.30 bits per heavy atom. The highest BCUT2D eigenvalue weighted by molar-refractivity contribution is 9.10. The van der Waals surface area contributed by atoms with Crippen molar-refractivity contribution in [1.82, 2.24) is 10.6 Å². The van der Waals surface area contributed by atoms with E-state index in [2.05, 4.69) is 26.6 Å². The van der Waals surface area contributed by atoms with Crippen LogP contribution in [0.3, 0.4) is 0 Å². The molecule has 1 fully saturated rings. The molecule has 108 valence electrons. The fourth-order valence-electron chi connectivity index (χ4n) is 2.28. The number of carbonyl (C=O) groups is 2. The molecule has 2 N–H and O–H groups in total. The van der Waals surface area contributed by atoms with E-state index in [0.717, 1.165) is 0 Å². The Morgan fingerprint density at radius 3 is 2.85 bits per heavy atom. The van der Waals surface area contributed by atoms with Crippen molar-refractivity contribution in [3.63, 3.8) is 0 Å². The lowest BCUT2D eigenvalue weighted by Crippen LogP contribution is -2.43. The van der Waals surface area contributed by atoms with E-state index in [0.29, 0.717) is 29.3 Å². The highest BCUT2D eigenvalue weighted by Crippen LogP contribution is 2.23. The molecule has 6 heteroatoms. The number of hydrogen-bond acceptors (Lipinski definition) is 2. The Hall–Kier alpha value is -1.43. The largest absolute Gasteiger partial charge is 0.348 e. The van der Waals surface area contributed by atoms with Crippen molar-refractivity contribution in [3.8, 4) is 0 Å². The number of nitrogens with one attached hydrogen (secondary N) is 2. The molecular formula is C14H16BrFN2O2. The van der Waals surface area contributed by atoms with Gasteiger partial charge in [0, 0.05) is 10.9 Å². The Morgan fingerprint density at radius 1 is 1.55 bits per heavy atom. The Labute approximate surface area is 125 Å². The maximum atomic E-state index is 13.4. The van der Waals surface area contributed by atoms with Gasteiger partial charge in [-0.25, -0.2) is 4.39 Å². The zero-order valence-electron chi connectivity index (χ0n) is 11.1. The maximum absolute atomic E-state index is 13.4. The average molecular weight is 343 g/mol. The van der Waals surface area contributed by atoms with Crippen LogP contribution in [0.25, 0.3) is 0 Å². The van der Waals surface area contributed by atoms with Crippen LogP contribution in [0.4, 0.5) is 4.39 Å². The van der Waals surface area contributed by atoms with Crippen molar-refractivity contribution in [2.75, 3.05) is 0 Å². The second-order valence-electron chi connectivity index (χ2n) is 4.83. The number of halogens is 2. The van der Waals surface area contributed by atoms with E-state index in [1.165, 1.54) is 12.1 Å². The van der Waals surface area contributed by atoms with Gasteiger partial charge in [-0.2, -0.15) is 0 Å². The van der Waals surface area contributed by atoms with Gasteiger partial charge < -0.3 is 10.6 Å². The third kappa shape index (κ3) is 3.56. The van der Waals surface area contributed by atoms with Gasteiger partial charge in [0.1, 0.15) is 11.9 Å². The first-order valence-corrected chi connectivity index (χ1v) is 7.34. The fourth-order valence-corrected chi connectivity index (χ4v) is 2.76. The van der Waals surface area contributed by atoms with Crippen LogP contribution in [0.5, 0.6) is 0 Å². The molecule has 1 aliphatic heterocycles. The number of carbonyl (C=O) groups excluding carboxylic acids is 2. The number of benzene rings is 1. The van der Waals surface area contributed by atoms with Gasteiger partial charge in [-0.15, -0.1) is 0 Å². The Kier molecular flexibility index (Phi) is 4.75. The minimum atomic E-state index is -0.478. The van der Waals surface area contributed by atoms with Crippen LogP contribution in [0, 0.1) is 5.82 Å². The molecule has 0 saturated carbocycles. The van der Waals surface area contributed by atoms with Gasteiger partial charge in [0.25, 0.3) is 0 Å². The summed E-state index contributed by atoms with van der Waals surface area (Å²) in [5.74, 6) is -0.675. The summed E-state index contributed by atoms with van der Waals surface area (Å²) in [5, 5.41) is 5.48. The lowest BCUT2D eigenvalue weighted by Gasteiger charge is -2.20. The van der Waals surface area contributed by atoms with Crippen LogP contribution in [-0.2, 0) is 9.59 Å². The van der Waals surface area contributed by atoms with Gasteiger partial charge in [0.05, 0.1) is 6.04 Å². The first kappa shape index (κ1) is 15.0. The molecule has 1 aliphatic rings. The van der Waals surface area contributed by atoms with E-state index in [4.69, 9.17) is 0 Å². The van der Waals surface area contributed by atoms with Crippen LogP contribution in [0.1, 0.15) is 37.8 Å². The third-order valence-corrected chi connectivity index (χ3v) is 3.78. The third-order valence-electron chi connectivity index (χ3n) is 3.32. The number of amides is 2. The predicted octanol–water partition coefficient (Wildman–Crippen LogP) is 2.43. The van der Waals surface area contributed by atoms with Gasteiger partial charge in [-0.3, -0.25) is 9.59 Å². The molecule has 0 bridgehead atoms. The Bertz CT molecular complexity index is 516. The summed E-state index contributed by atoms with van der Waals surface area (Å²) in [7, 11) is 0. The minimum Gasteiger partial charge on any atom is -0.348 e. The highest BCUT2D eigenvalue weighted by Gasteiger charge is 2.28. The van der Waals surface area contributed by atoms with E-state index < -0.39 is 6.04 Å². The lowest BCUT2D eigenvalue weighted by molar-refractivity contribution is -0.126. The molecule has 1 saturated heterocycles. The SMILES string of the molecule is CC[C@@H](NC(=O)[C@@H]1CCC(=O)N1)c1cc(F)cc(Br)c1. The summed E-state index contributed by atoms with van der Waals surface area (Å²) >= 11 is 3.24. The average Bonchev–Trinajstić information content (AvgIpc) is 2.81. The van der Waals surface area contributed by atoms with Crippen molar-refractivity contribution in [2.45, 2.75) is 38.3 Å². The number of hydrogen-bond donors (Lipinski definition) is 2. The van der Waals surface area contributed by atoms with Gasteiger partial charge in [0.15, 0.2) is 0 Å². The Balaban J connectivity index is 2.08.